The van der Waals surface area contributed by atoms with E-state index in [1.807, 2.05) is 0 Å². The fourth-order valence-corrected chi connectivity index (χ4v) is 4.88. The van der Waals surface area contributed by atoms with E-state index in [0.717, 1.165) is 4.90 Å². The fourth-order valence-electron chi connectivity index (χ4n) is 2.50. The van der Waals surface area contributed by atoms with E-state index in [1.54, 1.807) is 37.3 Å². The van der Waals surface area contributed by atoms with Gasteiger partial charge in [-0.25, -0.2) is 8.42 Å². The van der Waals surface area contributed by atoms with Crippen LogP contribution in [0.3, 0.4) is 0 Å². The largest absolute Gasteiger partial charge is 0.325 e. The third-order valence-corrected chi connectivity index (χ3v) is 7.21. The van der Waals surface area contributed by atoms with E-state index in [1.165, 1.54) is 23.9 Å². The summed E-state index contributed by atoms with van der Waals surface area (Å²) in [6.07, 6.45) is -0.206. The maximum atomic E-state index is 12.6. The Bertz CT molecular complexity index is 1010. The van der Waals surface area contributed by atoms with Crippen molar-refractivity contribution in [2.75, 3.05) is 16.4 Å². The number of anilines is 2. The molecule has 1 atom stereocenters. The number of carbonyl (C=O) groups is 2. The molecule has 1 heterocycles. The zero-order valence-electron chi connectivity index (χ0n) is 14.4. The summed E-state index contributed by atoms with van der Waals surface area (Å²) in [5, 5.41) is 5.46. The van der Waals surface area contributed by atoms with E-state index in [9.17, 15) is 18.0 Å². The van der Waals surface area contributed by atoms with Crippen molar-refractivity contribution in [3.63, 3.8) is 0 Å². The van der Waals surface area contributed by atoms with Gasteiger partial charge in [0, 0.05) is 11.3 Å². The van der Waals surface area contributed by atoms with Crippen molar-refractivity contribution >= 4 is 56.4 Å². The number of hydrogen-bond acceptors (Lipinski definition) is 5. The van der Waals surface area contributed by atoms with Crippen molar-refractivity contribution in [1.82, 2.24) is 0 Å². The number of carbonyl (C=O) groups excluding carboxylic acids is 2. The maximum absolute atomic E-state index is 12.6. The molecule has 0 spiro atoms. The molecule has 0 saturated carbocycles. The number of sulfone groups is 1. The Morgan fingerprint density at radius 1 is 1.26 bits per heavy atom. The molecule has 2 amide bonds. The van der Waals surface area contributed by atoms with Crippen LogP contribution in [0.4, 0.5) is 11.4 Å². The number of para-hydroxylation sites is 1. The Kier molecular flexibility index (Phi) is 5.78. The van der Waals surface area contributed by atoms with E-state index in [-0.39, 0.29) is 28.2 Å². The van der Waals surface area contributed by atoms with Gasteiger partial charge in [-0.3, -0.25) is 9.59 Å². The minimum absolute atomic E-state index is 0.0715. The number of halogens is 1. The molecule has 142 valence electrons. The Morgan fingerprint density at radius 2 is 2.00 bits per heavy atom. The van der Waals surface area contributed by atoms with Crippen LogP contribution in [0.2, 0.25) is 5.02 Å². The molecule has 9 heteroatoms. The highest BCUT2D eigenvalue weighted by molar-refractivity contribution is 8.01. The molecule has 3 rings (SSSR count). The van der Waals surface area contributed by atoms with Gasteiger partial charge >= 0.3 is 0 Å². The molecular weight excluding hydrogens is 408 g/mol. The van der Waals surface area contributed by atoms with Gasteiger partial charge < -0.3 is 10.6 Å². The number of benzene rings is 2. The van der Waals surface area contributed by atoms with Crippen LogP contribution >= 0.6 is 23.4 Å². The molecule has 0 unspecified atom stereocenters. The van der Waals surface area contributed by atoms with Crippen LogP contribution in [0.1, 0.15) is 13.3 Å². The zero-order valence-corrected chi connectivity index (χ0v) is 16.7. The lowest BCUT2D eigenvalue weighted by molar-refractivity contribution is -0.116. The van der Waals surface area contributed by atoms with Crippen LogP contribution < -0.4 is 10.6 Å². The predicted octanol–water partition coefficient (Wildman–Crippen LogP) is 3.58. The molecule has 2 aromatic rings. The first-order valence-electron chi connectivity index (χ1n) is 8.15. The van der Waals surface area contributed by atoms with Crippen molar-refractivity contribution in [3.8, 4) is 0 Å². The van der Waals surface area contributed by atoms with Gasteiger partial charge in [0.2, 0.25) is 11.8 Å². The van der Waals surface area contributed by atoms with Crippen LogP contribution in [-0.4, -0.2) is 31.2 Å². The van der Waals surface area contributed by atoms with Crippen LogP contribution in [-0.2, 0) is 19.4 Å². The highest BCUT2D eigenvalue weighted by atomic mass is 35.5. The quantitative estimate of drug-likeness (QED) is 0.765. The fraction of sp³-hybridized carbons (Fsp3) is 0.222. The first-order chi connectivity index (χ1) is 12.8. The molecule has 2 aromatic carbocycles. The van der Waals surface area contributed by atoms with Gasteiger partial charge in [0.15, 0.2) is 9.84 Å². The van der Waals surface area contributed by atoms with Crippen molar-refractivity contribution in [1.29, 1.82) is 0 Å². The highest BCUT2D eigenvalue weighted by Gasteiger charge is 2.25. The van der Waals surface area contributed by atoms with Gasteiger partial charge in [-0.15, -0.1) is 11.8 Å². The van der Waals surface area contributed by atoms with E-state index in [4.69, 9.17) is 11.6 Å². The second-order valence-electron chi connectivity index (χ2n) is 6.00. The average molecular weight is 425 g/mol. The standard InChI is InChI=1S/C18H17ClN2O4S2/c1-11-18(23)21-15-10-12(6-7-16(15)26-11)27(24,25)9-8-17(22)20-14-5-3-2-4-13(14)19/h2-7,10-11H,8-9H2,1H3,(H,20,22)(H,21,23)/t11-/m0/s1. The summed E-state index contributed by atoms with van der Waals surface area (Å²) in [7, 11) is -3.68. The number of thioether (sulfide) groups is 1. The van der Waals surface area contributed by atoms with Crippen molar-refractivity contribution in [2.24, 2.45) is 0 Å². The van der Waals surface area contributed by atoms with E-state index in [0.29, 0.717) is 16.4 Å². The molecule has 0 aliphatic carbocycles. The van der Waals surface area contributed by atoms with Crippen molar-refractivity contribution in [3.05, 3.63) is 47.5 Å². The lowest BCUT2D eigenvalue weighted by Crippen LogP contribution is -2.26. The summed E-state index contributed by atoms with van der Waals surface area (Å²) >= 11 is 7.35. The molecule has 2 N–H and O–H groups in total. The van der Waals surface area contributed by atoms with E-state index < -0.39 is 15.7 Å². The van der Waals surface area contributed by atoms with E-state index >= 15 is 0 Å². The molecule has 0 bridgehead atoms. The van der Waals surface area contributed by atoms with Crippen LogP contribution in [0.15, 0.2) is 52.3 Å². The van der Waals surface area contributed by atoms with Crippen molar-refractivity contribution < 1.29 is 18.0 Å². The summed E-state index contributed by atoms with van der Waals surface area (Å²) < 4.78 is 25.1. The minimum atomic E-state index is -3.68. The molecular formula is C18H17ClN2O4S2. The van der Waals surface area contributed by atoms with E-state index in [2.05, 4.69) is 10.6 Å². The molecule has 6 nitrogen and oxygen atoms in total. The lowest BCUT2D eigenvalue weighted by Gasteiger charge is -2.21. The Balaban J connectivity index is 1.68. The molecule has 1 aliphatic rings. The summed E-state index contributed by atoms with van der Waals surface area (Å²) in [5.41, 5.74) is 0.911. The normalized spacial score (nSPS) is 16.4. The first-order valence-corrected chi connectivity index (χ1v) is 11.1. The van der Waals surface area contributed by atoms with Crippen molar-refractivity contribution in [2.45, 2.75) is 28.4 Å². The smallest absolute Gasteiger partial charge is 0.237 e. The lowest BCUT2D eigenvalue weighted by atomic mass is 10.3. The molecule has 0 radical (unpaired) electrons. The number of hydrogen-bond donors (Lipinski definition) is 2. The SMILES string of the molecule is C[C@@H]1Sc2ccc(S(=O)(=O)CCC(=O)Nc3ccccc3Cl)cc2NC1=O. The van der Waals surface area contributed by atoms with Gasteiger partial charge in [-0.2, -0.15) is 0 Å². The topological polar surface area (TPSA) is 92.3 Å². The monoisotopic (exact) mass is 424 g/mol. The van der Waals surface area contributed by atoms with Gasteiger partial charge in [0.05, 0.1) is 32.3 Å². The van der Waals surface area contributed by atoms with Gasteiger partial charge in [0.25, 0.3) is 0 Å². The summed E-state index contributed by atoms with van der Waals surface area (Å²) in [5.74, 6) is -0.956. The van der Waals surface area contributed by atoms with Gasteiger partial charge in [-0.05, 0) is 37.3 Å². The van der Waals surface area contributed by atoms with Crippen LogP contribution in [0.25, 0.3) is 0 Å². The number of rotatable bonds is 5. The highest BCUT2D eigenvalue weighted by Crippen LogP contribution is 2.36. The molecule has 0 saturated heterocycles. The molecule has 0 fully saturated rings. The Hall–Kier alpha value is -2.03. The third-order valence-electron chi connectivity index (χ3n) is 3.99. The predicted molar refractivity (Wildman–Crippen MR) is 107 cm³/mol. The third kappa shape index (κ3) is 4.63. The van der Waals surface area contributed by atoms with Crippen LogP contribution in [0.5, 0.6) is 0 Å². The van der Waals surface area contributed by atoms with Gasteiger partial charge in [-0.1, -0.05) is 23.7 Å². The first kappa shape index (κ1) is 19.7. The van der Waals surface area contributed by atoms with Gasteiger partial charge in [0.1, 0.15) is 0 Å². The summed E-state index contributed by atoms with van der Waals surface area (Å²) in [4.78, 5) is 24.7. The van der Waals surface area contributed by atoms with Crippen LogP contribution in [0, 0.1) is 0 Å². The zero-order chi connectivity index (χ0) is 19.6. The summed E-state index contributed by atoms with van der Waals surface area (Å²) in [6.45, 7) is 1.78. The average Bonchev–Trinajstić information content (AvgIpc) is 2.62. The second-order valence-corrected chi connectivity index (χ2v) is 9.90. The molecule has 0 aromatic heterocycles. The Labute approximate surface area is 166 Å². The number of nitrogens with one attached hydrogen (secondary N) is 2. The second kappa shape index (κ2) is 7.92. The number of fused-ring (bicyclic) bond motifs is 1. The molecule has 1 aliphatic heterocycles. The molecule has 27 heavy (non-hydrogen) atoms. The Morgan fingerprint density at radius 3 is 2.74 bits per heavy atom. The maximum Gasteiger partial charge on any atom is 0.237 e. The minimum Gasteiger partial charge on any atom is -0.325 e. The number of amides is 2. The summed E-state index contributed by atoms with van der Waals surface area (Å²) in [6, 6.07) is 11.3.